The zero-order valence-electron chi connectivity index (χ0n) is 1.35. The second-order valence-electron chi connectivity index (χ2n) is 0. The van der Waals surface area contributed by atoms with Gasteiger partial charge in [0.1, 0.15) is 0 Å². The van der Waals surface area contributed by atoms with E-state index in [-0.39, 0.29) is 79.1 Å². The maximum Gasteiger partial charge on any atom is 0 e. The summed E-state index contributed by atoms with van der Waals surface area (Å²) >= 11 is 0. The molecular weight excluding hydrogens is 545 g/mol. The van der Waals surface area contributed by atoms with E-state index in [0.717, 1.165) is 0 Å². The van der Waals surface area contributed by atoms with Crippen molar-refractivity contribution in [2.45, 2.75) is 0 Å². The van der Waals surface area contributed by atoms with E-state index in [0.29, 0.717) is 0 Å². The molecule has 0 fully saturated rings. The van der Waals surface area contributed by atoms with Crippen LogP contribution in [0.5, 0.6) is 0 Å². The van der Waals surface area contributed by atoms with Crippen LogP contribution in [0.2, 0.25) is 0 Å². The minimum atomic E-state index is 0. The minimum absolute atomic E-state index is 0. The van der Waals surface area contributed by atoms with Crippen LogP contribution in [0, 0.1) is 0 Å². The van der Waals surface area contributed by atoms with Crippen molar-refractivity contribution in [2.24, 2.45) is 0 Å². The molecule has 0 saturated heterocycles. The Labute approximate surface area is 78.0 Å². The van der Waals surface area contributed by atoms with Crippen molar-refractivity contribution < 1.29 is 79.1 Å². The van der Waals surface area contributed by atoms with Gasteiger partial charge in [-0.15, -0.1) is 0 Å². The van der Waals surface area contributed by atoms with Crippen LogP contribution in [0.4, 0.5) is 0 Å². The zero-order valence-corrected chi connectivity index (χ0v) is 8.91. The zero-order chi connectivity index (χ0) is 0. The maximum absolute atomic E-state index is 0. The molecule has 4 heteroatoms. The SMILES string of the molecule is [Au].[Co].[Re].[Rh]. The quantitative estimate of drug-likeness (QED) is 0.377. The first-order valence-corrected chi connectivity index (χ1v) is 0. The summed E-state index contributed by atoms with van der Waals surface area (Å²) in [4.78, 5) is 0. The Morgan fingerprint density at radius 2 is 1.00 bits per heavy atom. The van der Waals surface area contributed by atoms with Crippen molar-refractivity contribution >= 4 is 0 Å². The predicted molar refractivity (Wildman–Crippen MR) is 0 cm³/mol. The maximum atomic E-state index is 0. The third kappa shape index (κ3) is 8.82. The summed E-state index contributed by atoms with van der Waals surface area (Å²) < 4.78 is 0. The van der Waals surface area contributed by atoms with Crippen molar-refractivity contribution in [2.75, 3.05) is 0 Å². The van der Waals surface area contributed by atoms with E-state index in [2.05, 4.69) is 0 Å². The van der Waals surface area contributed by atoms with Gasteiger partial charge in [-0.3, -0.25) is 0 Å². The van der Waals surface area contributed by atoms with Crippen molar-refractivity contribution in [3.63, 3.8) is 0 Å². The smallest absolute Gasteiger partial charge is 0 e. The van der Waals surface area contributed by atoms with Gasteiger partial charge in [0.25, 0.3) is 0 Å². The van der Waals surface area contributed by atoms with Gasteiger partial charge < -0.3 is 0 Å². The molecule has 0 aromatic heterocycles. The summed E-state index contributed by atoms with van der Waals surface area (Å²) in [7, 11) is 0. The summed E-state index contributed by atoms with van der Waals surface area (Å²) in [6, 6.07) is 0. The van der Waals surface area contributed by atoms with Gasteiger partial charge >= 0.3 is 0 Å². The number of rotatable bonds is 0. The fraction of sp³-hybridized carbons (Fsp3) is 0. The largest absolute Gasteiger partial charge is 0 e. The molecule has 0 nitrogen and oxygen atoms in total. The van der Waals surface area contributed by atoms with Crippen LogP contribution in [-0.2, 0) is 79.1 Å². The first-order valence-electron chi connectivity index (χ1n) is 0. The van der Waals surface area contributed by atoms with Crippen LogP contribution in [0.1, 0.15) is 0 Å². The van der Waals surface area contributed by atoms with E-state index >= 15 is 0 Å². The van der Waals surface area contributed by atoms with E-state index in [4.69, 9.17) is 0 Å². The van der Waals surface area contributed by atoms with Gasteiger partial charge in [-0.2, -0.15) is 0 Å². The topological polar surface area (TPSA) is 0 Å². The average Bonchev–Trinajstić information content (AvgIpc) is 0. The molecule has 0 aliphatic rings. The molecule has 0 aliphatic heterocycles. The van der Waals surface area contributed by atoms with Crippen LogP contribution in [0.25, 0.3) is 0 Å². The number of hydrogen-bond donors (Lipinski definition) is 0. The summed E-state index contributed by atoms with van der Waals surface area (Å²) in [5.74, 6) is 0. The van der Waals surface area contributed by atoms with E-state index in [1.165, 1.54) is 0 Å². The molecule has 36 valence electrons. The Hall–Kier alpha value is 2.53. The van der Waals surface area contributed by atoms with Gasteiger partial charge in [0.05, 0.1) is 0 Å². The molecule has 0 unspecified atom stereocenters. The van der Waals surface area contributed by atoms with Gasteiger partial charge in [-0.25, -0.2) is 0 Å². The second kappa shape index (κ2) is 17.7. The van der Waals surface area contributed by atoms with Crippen LogP contribution in [0.3, 0.4) is 0 Å². The standard InChI is InChI=1S/Au.Co.Re.Rh. The van der Waals surface area contributed by atoms with Gasteiger partial charge in [-0.05, 0) is 0 Å². The van der Waals surface area contributed by atoms with Crippen molar-refractivity contribution in [1.29, 1.82) is 0 Å². The Balaban J connectivity index is 0. The number of hydrogen-bond acceptors (Lipinski definition) is 0. The van der Waals surface area contributed by atoms with Crippen molar-refractivity contribution in [1.82, 2.24) is 0 Å². The monoisotopic (exact) mass is 546 g/mol. The molecule has 0 spiro atoms. The van der Waals surface area contributed by atoms with Crippen molar-refractivity contribution in [3.05, 3.63) is 0 Å². The molecule has 0 N–H and O–H groups in total. The first kappa shape index (κ1) is 31.2. The molecule has 4 radical (unpaired) electrons. The third-order valence-electron chi connectivity index (χ3n) is 0. The molecule has 4 heavy (non-hydrogen) atoms. The van der Waals surface area contributed by atoms with Crippen molar-refractivity contribution in [3.8, 4) is 0 Å². The fourth-order valence-electron chi connectivity index (χ4n) is 0. The Morgan fingerprint density at radius 1 is 1.00 bits per heavy atom. The third-order valence-corrected chi connectivity index (χ3v) is 0. The van der Waals surface area contributed by atoms with E-state index in [1.54, 1.807) is 0 Å². The van der Waals surface area contributed by atoms with Gasteiger partial charge in [0, 0.05) is 79.1 Å². The minimum Gasteiger partial charge on any atom is 0 e. The molecule has 0 saturated carbocycles. The van der Waals surface area contributed by atoms with Crippen LogP contribution >= 0.6 is 0 Å². The summed E-state index contributed by atoms with van der Waals surface area (Å²) in [6.07, 6.45) is 0. The van der Waals surface area contributed by atoms with E-state index in [1.807, 2.05) is 0 Å². The molecule has 0 amide bonds. The van der Waals surface area contributed by atoms with E-state index in [9.17, 15) is 0 Å². The summed E-state index contributed by atoms with van der Waals surface area (Å²) in [6.45, 7) is 0. The van der Waals surface area contributed by atoms with Gasteiger partial charge in [-0.1, -0.05) is 0 Å². The molecule has 0 rings (SSSR count). The Bertz CT molecular complexity index is 8.00. The Kier molecular flexibility index (Phi) is 138. The predicted octanol–water partition coefficient (Wildman–Crippen LogP) is -0.0100. The Morgan fingerprint density at radius 3 is 1.00 bits per heavy atom. The molecule has 0 aromatic carbocycles. The van der Waals surface area contributed by atoms with Crippen LogP contribution < -0.4 is 0 Å². The average molecular weight is 545 g/mol. The molecule has 0 bridgehead atoms. The van der Waals surface area contributed by atoms with Crippen LogP contribution in [0.15, 0.2) is 0 Å². The van der Waals surface area contributed by atoms with Gasteiger partial charge in [0.15, 0.2) is 0 Å². The summed E-state index contributed by atoms with van der Waals surface area (Å²) in [5.41, 5.74) is 0. The first-order chi connectivity index (χ1) is 0. The molecule has 0 aliphatic carbocycles. The molecule has 0 heterocycles. The normalized spacial score (nSPS) is 0. The second-order valence-corrected chi connectivity index (χ2v) is 0. The van der Waals surface area contributed by atoms with Crippen LogP contribution in [-0.4, -0.2) is 0 Å². The summed E-state index contributed by atoms with van der Waals surface area (Å²) in [5, 5.41) is 0. The van der Waals surface area contributed by atoms with E-state index < -0.39 is 0 Å². The fourth-order valence-corrected chi connectivity index (χ4v) is 0. The molecule has 0 aromatic rings. The van der Waals surface area contributed by atoms with Gasteiger partial charge in [0.2, 0.25) is 0 Å². The molecule has 0 atom stereocenters. The molecular formula is AuCoReRh.